The molecular formula is C15H27N3O. The fraction of sp³-hybridized carbons (Fsp3) is 1.00. The smallest absolute Gasteiger partial charge is 0.0935 e. The largest absolute Gasteiger partial charge is 0.372 e. The van der Waals surface area contributed by atoms with Gasteiger partial charge in [-0.1, -0.05) is 0 Å². The number of hydrogen-bond acceptors (Lipinski definition) is 4. The Kier molecular flexibility index (Phi) is 3.10. The van der Waals surface area contributed by atoms with E-state index in [1.54, 1.807) is 0 Å². The quantitative estimate of drug-likeness (QED) is 0.739. The van der Waals surface area contributed by atoms with E-state index in [9.17, 15) is 0 Å². The van der Waals surface area contributed by atoms with Crippen molar-refractivity contribution >= 4 is 0 Å². The molecule has 0 N–H and O–H groups in total. The van der Waals surface area contributed by atoms with E-state index >= 15 is 0 Å². The lowest BCUT2D eigenvalue weighted by Gasteiger charge is -2.47. The third-order valence-electron chi connectivity index (χ3n) is 5.84. The average molecular weight is 265 g/mol. The van der Waals surface area contributed by atoms with Crippen LogP contribution in [0.5, 0.6) is 0 Å². The van der Waals surface area contributed by atoms with Crippen molar-refractivity contribution in [3.63, 3.8) is 0 Å². The minimum atomic E-state index is 0.279. The van der Waals surface area contributed by atoms with Gasteiger partial charge < -0.3 is 14.5 Å². The lowest BCUT2D eigenvalue weighted by atomic mass is 9.91. The molecule has 0 aromatic heterocycles. The Balaban J connectivity index is 1.20. The molecule has 2 atom stereocenters. The molecular weight excluding hydrogens is 238 g/mol. The van der Waals surface area contributed by atoms with E-state index in [4.69, 9.17) is 4.74 Å². The maximum absolute atomic E-state index is 5.89. The number of likely N-dealkylation sites (tertiary alicyclic amines) is 3. The summed E-state index contributed by atoms with van der Waals surface area (Å²) in [5.74, 6) is 0.950. The molecule has 0 saturated carbocycles. The predicted octanol–water partition coefficient (Wildman–Crippen LogP) is 0.487. The number of fused-ring (bicyclic) bond motifs is 1. The van der Waals surface area contributed by atoms with Gasteiger partial charge in [-0.3, -0.25) is 4.90 Å². The van der Waals surface area contributed by atoms with Crippen LogP contribution in [0.4, 0.5) is 0 Å². The molecule has 0 radical (unpaired) electrons. The summed E-state index contributed by atoms with van der Waals surface area (Å²) in [4.78, 5) is 7.84. The maximum atomic E-state index is 5.89. The van der Waals surface area contributed by atoms with E-state index in [-0.39, 0.29) is 5.60 Å². The number of likely N-dealkylation sites (N-methyl/N-ethyl adjacent to an activating group) is 1. The highest BCUT2D eigenvalue weighted by molar-refractivity contribution is 5.00. The van der Waals surface area contributed by atoms with Gasteiger partial charge in [-0.2, -0.15) is 0 Å². The van der Waals surface area contributed by atoms with Crippen LogP contribution < -0.4 is 0 Å². The molecule has 4 saturated heterocycles. The summed E-state index contributed by atoms with van der Waals surface area (Å²) in [7, 11) is 2.30. The van der Waals surface area contributed by atoms with Crippen molar-refractivity contribution in [2.75, 3.05) is 59.5 Å². The predicted molar refractivity (Wildman–Crippen MR) is 75.3 cm³/mol. The maximum Gasteiger partial charge on any atom is 0.0935 e. The molecule has 0 amide bonds. The first-order valence-corrected chi connectivity index (χ1v) is 8.03. The zero-order chi connectivity index (χ0) is 12.9. The van der Waals surface area contributed by atoms with Crippen molar-refractivity contribution in [1.82, 2.24) is 14.7 Å². The summed E-state index contributed by atoms with van der Waals surface area (Å²) in [6.45, 7) is 9.83. The normalized spacial score (nSPS) is 39.0. The zero-order valence-corrected chi connectivity index (χ0v) is 12.2. The van der Waals surface area contributed by atoms with Crippen LogP contribution in [0.25, 0.3) is 0 Å². The molecule has 0 bridgehead atoms. The molecule has 4 rings (SSSR count). The topological polar surface area (TPSA) is 19.0 Å². The fourth-order valence-corrected chi connectivity index (χ4v) is 4.66. The highest BCUT2D eigenvalue weighted by Gasteiger charge is 2.46. The molecule has 4 aliphatic heterocycles. The SMILES string of the molecule is CN1CCC2CN(CCN3CC4(CCCO4)C3)CC21. The van der Waals surface area contributed by atoms with Crippen LogP contribution in [-0.2, 0) is 4.74 Å². The van der Waals surface area contributed by atoms with E-state index in [1.165, 1.54) is 65.1 Å². The Morgan fingerprint density at radius 1 is 1.16 bits per heavy atom. The van der Waals surface area contributed by atoms with Gasteiger partial charge in [0, 0.05) is 51.9 Å². The van der Waals surface area contributed by atoms with Gasteiger partial charge in [-0.05, 0) is 38.8 Å². The van der Waals surface area contributed by atoms with Gasteiger partial charge in [0.05, 0.1) is 5.60 Å². The van der Waals surface area contributed by atoms with Crippen molar-refractivity contribution in [2.45, 2.75) is 30.9 Å². The lowest BCUT2D eigenvalue weighted by Crippen LogP contribution is -2.62. The third-order valence-corrected chi connectivity index (χ3v) is 5.84. The van der Waals surface area contributed by atoms with Crippen LogP contribution in [0.15, 0.2) is 0 Å². The fourth-order valence-electron chi connectivity index (χ4n) is 4.66. The number of ether oxygens (including phenoxy) is 1. The van der Waals surface area contributed by atoms with Crippen molar-refractivity contribution in [2.24, 2.45) is 5.92 Å². The molecule has 2 unspecified atom stereocenters. The second-order valence-corrected chi connectivity index (χ2v) is 7.20. The third kappa shape index (κ3) is 2.23. The van der Waals surface area contributed by atoms with Crippen molar-refractivity contribution < 1.29 is 4.74 Å². The zero-order valence-electron chi connectivity index (χ0n) is 12.2. The molecule has 0 aromatic rings. The van der Waals surface area contributed by atoms with Crippen molar-refractivity contribution in [3.05, 3.63) is 0 Å². The number of hydrogen-bond donors (Lipinski definition) is 0. The summed E-state index contributed by atoms with van der Waals surface area (Å²) >= 11 is 0. The minimum Gasteiger partial charge on any atom is -0.372 e. The second-order valence-electron chi connectivity index (χ2n) is 7.20. The van der Waals surface area contributed by atoms with Crippen LogP contribution in [0, 0.1) is 5.92 Å². The molecule has 108 valence electrons. The van der Waals surface area contributed by atoms with E-state index < -0.39 is 0 Å². The van der Waals surface area contributed by atoms with Gasteiger partial charge in [-0.15, -0.1) is 0 Å². The highest BCUT2D eigenvalue weighted by Crippen LogP contribution is 2.35. The summed E-state index contributed by atoms with van der Waals surface area (Å²) in [6, 6.07) is 0.848. The van der Waals surface area contributed by atoms with Gasteiger partial charge in [0.25, 0.3) is 0 Å². The first kappa shape index (κ1) is 12.6. The Hall–Kier alpha value is -0.160. The van der Waals surface area contributed by atoms with E-state index in [2.05, 4.69) is 21.7 Å². The summed E-state index contributed by atoms with van der Waals surface area (Å²) in [6.07, 6.45) is 3.98. The Labute approximate surface area is 116 Å². The molecule has 0 aromatic carbocycles. The average Bonchev–Trinajstić information content (AvgIpc) is 3.03. The Morgan fingerprint density at radius 3 is 2.74 bits per heavy atom. The van der Waals surface area contributed by atoms with Crippen molar-refractivity contribution in [1.29, 1.82) is 0 Å². The molecule has 4 nitrogen and oxygen atoms in total. The number of rotatable bonds is 3. The van der Waals surface area contributed by atoms with E-state index in [0.717, 1.165) is 18.6 Å². The molecule has 4 heteroatoms. The van der Waals surface area contributed by atoms with Crippen LogP contribution in [-0.4, -0.2) is 85.8 Å². The van der Waals surface area contributed by atoms with Crippen LogP contribution in [0.2, 0.25) is 0 Å². The van der Waals surface area contributed by atoms with Gasteiger partial charge in [0.15, 0.2) is 0 Å². The van der Waals surface area contributed by atoms with Gasteiger partial charge in [-0.25, -0.2) is 0 Å². The van der Waals surface area contributed by atoms with Gasteiger partial charge in [0.2, 0.25) is 0 Å². The Morgan fingerprint density at radius 2 is 2.00 bits per heavy atom. The first-order chi connectivity index (χ1) is 9.24. The highest BCUT2D eigenvalue weighted by atomic mass is 16.5. The van der Waals surface area contributed by atoms with Gasteiger partial charge >= 0.3 is 0 Å². The molecule has 19 heavy (non-hydrogen) atoms. The molecule has 0 aliphatic carbocycles. The first-order valence-electron chi connectivity index (χ1n) is 8.03. The molecule has 1 spiro atoms. The molecule has 4 fully saturated rings. The Bertz CT molecular complexity index is 334. The molecule has 4 heterocycles. The monoisotopic (exact) mass is 265 g/mol. The van der Waals surface area contributed by atoms with Crippen LogP contribution >= 0.6 is 0 Å². The molecule has 4 aliphatic rings. The van der Waals surface area contributed by atoms with Crippen LogP contribution in [0.3, 0.4) is 0 Å². The van der Waals surface area contributed by atoms with E-state index in [0.29, 0.717) is 0 Å². The summed E-state index contributed by atoms with van der Waals surface area (Å²) in [5.41, 5.74) is 0.279. The summed E-state index contributed by atoms with van der Waals surface area (Å²) in [5, 5.41) is 0. The second kappa shape index (κ2) is 4.69. The minimum absolute atomic E-state index is 0.279. The lowest BCUT2D eigenvalue weighted by molar-refractivity contribution is -0.112. The standard InChI is InChI=1S/C15H27N3O/c1-16-5-3-13-9-17(10-14(13)16)6-7-18-11-15(12-18)4-2-8-19-15/h13-14H,2-12H2,1H3. The van der Waals surface area contributed by atoms with E-state index in [1.807, 2.05) is 0 Å². The number of nitrogens with zero attached hydrogens (tertiary/aromatic N) is 3. The van der Waals surface area contributed by atoms with Gasteiger partial charge in [0.1, 0.15) is 0 Å². The van der Waals surface area contributed by atoms with Crippen molar-refractivity contribution in [3.8, 4) is 0 Å². The van der Waals surface area contributed by atoms with Crippen LogP contribution in [0.1, 0.15) is 19.3 Å². The summed E-state index contributed by atoms with van der Waals surface area (Å²) < 4.78 is 5.89.